The lowest BCUT2D eigenvalue weighted by molar-refractivity contribution is -0.116. The summed E-state index contributed by atoms with van der Waals surface area (Å²) in [6, 6.07) is 16.1. The Morgan fingerprint density at radius 3 is 2.46 bits per heavy atom. The molecule has 2 aromatic carbocycles. The molecule has 0 aromatic heterocycles. The molecule has 0 bridgehead atoms. The highest BCUT2D eigenvalue weighted by Gasteiger charge is 2.10. The molecule has 0 unspecified atom stereocenters. The van der Waals surface area contributed by atoms with Gasteiger partial charge < -0.3 is 15.0 Å². The quantitative estimate of drug-likeness (QED) is 0.823. The van der Waals surface area contributed by atoms with Crippen LogP contribution in [0.15, 0.2) is 48.5 Å². The molecular formula is C22H28N2O2. The first-order valence-electron chi connectivity index (χ1n) is 9.52. The van der Waals surface area contributed by atoms with Crippen molar-refractivity contribution < 1.29 is 9.53 Å². The number of nitrogens with zero attached hydrogens (tertiary/aromatic N) is 1. The van der Waals surface area contributed by atoms with E-state index in [9.17, 15) is 4.79 Å². The lowest BCUT2D eigenvalue weighted by Gasteiger charge is -2.22. The number of methoxy groups -OCH3 is 1. The number of carbonyl (C=O) groups excluding carboxylic acids is 1. The minimum absolute atomic E-state index is 0.0374. The second-order valence-electron chi connectivity index (χ2n) is 6.85. The van der Waals surface area contributed by atoms with Crippen LogP contribution in [0.4, 0.5) is 11.4 Å². The number of rotatable bonds is 6. The highest BCUT2D eigenvalue weighted by molar-refractivity contribution is 5.91. The predicted molar refractivity (Wildman–Crippen MR) is 107 cm³/mol. The van der Waals surface area contributed by atoms with Gasteiger partial charge in [0.1, 0.15) is 5.75 Å². The fourth-order valence-corrected chi connectivity index (χ4v) is 3.39. The molecule has 1 aliphatic heterocycles. The summed E-state index contributed by atoms with van der Waals surface area (Å²) in [5, 5.41) is 2.99. The average molecular weight is 352 g/mol. The largest absolute Gasteiger partial charge is 0.497 e. The average Bonchev–Trinajstić information content (AvgIpc) is 2.97. The minimum Gasteiger partial charge on any atom is -0.497 e. The molecule has 0 radical (unpaired) electrons. The SMILES string of the molecule is COc1cccc(CCC(=O)Nc2ccc(N3CCCCCC3)cc2)c1. The van der Waals surface area contributed by atoms with E-state index in [4.69, 9.17) is 4.74 Å². The van der Waals surface area contributed by atoms with Crippen LogP contribution in [0.25, 0.3) is 0 Å². The first kappa shape index (κ1) is 18.3. The molecule has 2 aromatic rings. The Bertz CT molecular complexity index is 704. The van der Waals surface area contributed by atoms with E-state index in [1.165, 1.54) is 31.4 Å². The summed E-state index contributed by atoms with van der Waals surface area (Å²) in [5.41, 5.74) is 3.22. The Hall–Kier alpha value is -2.49. The maximum atomic E-state index is 12.2. The smallest absolute Gasteiger partial charge is 0.224 e. The van der Waals surface area contributed by atoms with E-state index in [0.717, 1.165) is 30.1 Å². The molecule has 1 amide bonds. The molecule has 0 saturated carbocycles. The molecule has 1 fully saturated rings. The van der Waals surface area contributed by atoms with Gasteiger partial charge in [-0.1, -0.05) is 25.0 Å². The number of carbonyl (C=O) groups is 1. The first-order chi connectivity index (χ1) is 12.7. The van der Waals surface area contributed by atoms with Crippen molar-refractivity contribution in [3.8, 4) is 5.75 Å². The zero-order valence-corrected chi connectivity index (χ0v) is 15.5. The molecule has 1 saturated heterocycles. The minimum atomic E-state index is 0.0374. The maximum absolute atomic E-state index is 12.2. The standard InChI is InChI=1S/C22H28N2O2/c1-26-21-8-6-7-18(17-21)9-14-22(25)23-19-10-12-20(13-11-19)24-15-4-2-3-5-16-24/h6-8,10-13,17H,2-5,9,14-16H2,1H3,(H,23,25). The van der Waals surface area contributed by atoms with Crippen LogP contribution in [-0.4, -0.2) is 26.1 Å². The molecule has 1 aliphatic rings. The van der Waals surface area contributed by atoms with Crippen molar-refractivity contribution >= 4 is 17.3 Å². The summed E-state index contributed by atoms with van der Waals surface area (Å²) in [7, 11) is 1.65. The number of benzene rings is 2. The van der Waals surface area contributed by atoms with Crippen molar-refractivity contribution in [3.05, 3.63) is 54.1 Å². The number of hydrogen-bond acceptors (Lipinski definition) is 3. The number of amides is 1. The summed E-state index contributed by atoms with van der Waals surface area (Å²) < 4.78 is 5.22. The van der Waals surface area contributed by atoms with Crippen molar-refractivity contribution in [1.29, 1.82) is 0 Å². The normalized spacial score (nSPS) is 14.6. The molecule has 138 valence electrons. The second-order valence-corrected chi connectivity index (χ2v) is 6.85. The lowest BCUT2D eigenvalue weighted by atomic mass is 10.1. The Balaban J connectivity index is 1.50. The van der Waals surface area contributed by atoms with Crippen LogP contribution in [0.5, 0.6) is 5.75 Å². The number of hydrogen-bond donors (Lipinski definition) is 1. The topological polar surface area (TPSA) is 41.6 Å². The Kier molecular flexibility index (Phi) is 6.53. The summed E-state index contributed by atoms with van der Waals surface area (Å²) in [6.45, 7) is 2.26. The van der Waals surface area contributed by atoms with E-state index in [0.29, 0.717) is 12.8 Å². The van der Waals surface area contributed by atoms with Crippen LogP contribution in [0, 0.1) is 0 Å². The molecule has 4 heteroatoms. The van der Waals surface area contributed by atoms with E-state index in [-0.39, 0.29) is 5.91 Å². The molecule has 26 heavy (non-hydrogen) atoms. The van der Waals surface area contributed by atoms with Gasteiger partial charge in [-0.25, -0.2) is 0 Å². The Labute approximate surface area is 156 Å². The van der Waals surface area contributed by atoms with Gasteiger partial charge >= 0.3 is 0 Å². The predicted octanol–water partition coefficient (Wildman–Crippen LogP) is 4.65. The van der Waals surface area contributed by atoms with Gasteiger partial charge in [0.25, 0.3) is 0 Å². The van der Waals surface area contributed by atoms with Crippen molar-refractivity contribution in [2.24, 2.45) is 0 Å². The molecule has 4 nitrogen and oxygen atoms in total. The van der Waals surface area contributed by atoms with Crippen LogP contribution in [-0.2, 0) is 11.2 Å². The molecule has 0 spiro atoms. The number of aryl methyl sites for hydroxylation is 1. The third-order valence-corrected chi connectivity index (χ3v) is 4.90. The molecule has 0 aliphatic carbocycles. The summed E-state index contributed by atoms with van der Waals surface area (Å²) >= 11 is 0. The van der Waals surface area contributed by atoms with E-state index in [1.807, 2.05) is 36.4 Å². The fraction of sp³-hybridized carbons (Fsp3) is 0.409. The Morgan fingerprint density at radius 2 is 1.77 bits per heavy atom. The zero-order chi connectivity index (χ0) is 18.2. The third kappa shape index (κ3) is 5.25. The van der Waals surface area contributed by atoms with Crippen molar-refractivity contribution in [1.82, 2.24) is 0 Å². The summed E-state index contributed by atoms with van der Waals surface area (Å²) in [4.78, 5) is 14.7. The van der Waals surface area contributed by atoms with Crippen molar-refractivity contribution in [3.63, 3.8) is 0 Å². The lowest BCUT2D eigenvalue weighted by Crippen LogP contribution is -2.23. The number of nitrogens with one attached hydrogen (secondary N) is 1. The van der Waals surface area contributed by atoms with E-state index in [1.54, 1.807) is 7.11 Å². The van der Waals surface area contributed by atoms with Crippen LogP contribution in [0.3, 0.4) is 0 Å². The van der Waals surface area contributed by atoms with Gasteiger partial charge in [-0.3, -0.25) is 4.79 Å². The molecule has 0 atom stereocenters. The molecular weight excluding hydrogens is 324 g/mol. The van der Waals surface area contributed by atoms with Gasteiger partial charge in [0, 0.05) is 30.9 Å². The zero-order valence-electron chi connectivity index (χ0n) is 15.5. The van der Waals surface area contributed by atoms with Crippen molar-refractivity contribution in [2.75, 3.05) is 30.4 Å². The summed E-state index contributed by atoms with van der Waals surface area (Å²) in [6.07, 6.45) is 6.36. The van der Waals surface area contributed by atoms with E-state index >= 15 is 0 Å². The van der Waals surface area contributed by atoms with Crippen LogP contribution < -0.4 is 15.0 Å². The van der Waals surface area contributed by atoms with Gasteiger partial charge in [0.15, 0.2) is 0 Å². The van der Waals surface area contributed by atoms with Gasteiger partial charge in [-0.15, -0.1) is 0 Å². The summed E-state index contributed by atoms with van der Waals surface area (Å²) in [5.74, 6) is 0.863. The first-order valence-corrected chi connectivity index (χ1v) is 9.52. The van der Waals surface area contributed by atoms with Crippen LogP contribution in [0.2, 0.25) is 0 Å². The van der Waals surface area contributed by atoms with Gasteiger partial charge in [0.2, 0.25) is 5.91 Å². The maximum Gasteiger partial charge on any atom is 0.224 e. The molecule has 3 rings (SSSR count). The van der Waals surface area contributed by atoms with Crippen LogP contribution in [0.1, 0.15) is 37.7 Å². The van der Waals surface area contributed by atoms with Gasteiger partial charge in [0.05, 0.1) is 7.11 Å². The molecule has 1 N–H and O–H groups in total. The number of anilines is 2. The van der Waals surface area contributed by atoms with Crippen molar-refractivity contribution in [2.45, 2.75) is 38.5 Å². The van der Waals surface area contributed by atoms with Crippen LogP contribution >= 0.6 is 0 Å². The van der Waals surface area contributed by atoms with Gasteiger partial charge in [-0.2, -0.15) is 0 Å². The number of ether oxygens (including phenoxy) is 1. The second kappa shape index (κ2) is 9.27. The molecule has 1 heterocycles. The highest BCUT2D eigenvalue weighted by atomic mass is 16.5. The Morgan fingerprint density at radius 1 is 1.04 bits per heavy atom. The van der Waals surface area contributed by atoms with Gasteiger partial charge in [-0.05, 0) is 61.2 Å². The van der Waals surface area contributed by atoms with E-state index in [2.05, 4.69) is 22.3 Å². The van der Waals surface area contributed by atoms with E-state index < -0.39 is 0 Å². The monoisotopic (exact) mass is 352 g/mol. The third-order valence-electron chi connectivity index (χ3n) is 4.90. The highest BCUT2D eigenvalue weighted by Crippen LogP contribution is 2.22. The fourth-order valence-electron chi connectivity index (χ4n) is 3.39.